The number of esters is 1. The Morgan fingerprint density at radius 2 is 0.947 bits per heavy atom. The molecule has 0 saturated heterocycles. The summed E-state index contributed by atoms with van der Waals surface area (Å²) in [5.74, 6) is -0.514. The van der Waals surface area contributed by atoms with Crippen LogP contribution in [0.2, 0.25) is 0 Å². The molecule has 0 rings (SSSR count). The predicted molar refractivity (Wildman–Crippen MR) is 245 cm³/mol. The second-order valence-corrected chi connectivity index (χ2v) is 16.6. The summed E-state index contributed by atoms with van der Waals surface area (Å²) in [6, 6.07) is -0.706. The molecule has 0 aromatic carbocycles. The van der Waals surface area contributed by atoms with E-state index in [1.165, 1.54) is 128 Å². The fraction of sp³-hybridized carbons (Fsp3) is 0.804. The van der Waals surface area contributed by atoms with Crippen LogP contribution in [0.3, 0.4) is 0 Å². The van der Waals surface area contributed by atoms with Gasteiger partial charge in [0.05, 0.1) is 25.2 Å². The predicted octanol–water partition coefficient (Wildman–Crippen LogP) is 14.3. The van der Waals surface area contributed by atoms with Crippen LogP contribution in [0, 0.1) is 0 Å². The Hall–Kier alpha value is -2.18. The molecule has 0 aromatic heterocycles. The zero-order valence-electron chi connectivity index (χ0n) is 37.7. The average molecular weight is 800 g/mol. The molecule has 332 valence electrons. The lowest BCUT2D eigenvalue weighted by atomic mass is 10.0. The number of aliphatic hydroxyl groups excluding tert-OH is 2. The van der Waals surface area contributed by atoms with Crippen molar-refractivity contribution in [2.45, 2.75) is 257 Å². The molecule has 0 aromatic rings. The van der Waals surface area contributed by atoms with Crippen LogP contribution in [-0.2, 0) is 14.3 Å². The van der Waals surface area contributed by atoms with Gasteiger partial charge in [0.2, 0.25) is 5.91 Å². The highest BCUT2D eigenvalue weighted by atomic mass is 16.5. The maximum Gasteiger partial charge on any atom is 0.306 e. The SMILES string of the molecule is CC/C=C/C=C/C=C\C=C/CCCCCC(=O)OC(CCCCCCCCCCCCCCCC)CC(=O)NC(CO)C(O)CCCCCCCCCCCCC. The quantitative estimate of drug-likeness (QED) is 0.0324. The van der Waals surface area contributed by atoms with Crippen molar-refractivity contribution in [1.82, 2.24) is 5.32 Å². The topological polar surface area (TPSA) is 95.9 Å². The molecule has 0 bridgehead atoms. The first kappa shape index (κ1) is 54.8. The van der Waals surface area contributed by atoms with Crippen molar-refractivity contribution in [3.63, 3.8) is 0 Å². The largest absolute Gasteiger partial charge is 0.462 e. The van der Waals surface area contributed by atoms with Crippen LogP contribution < -0.4 is 5.32 Å². The Morgan fingerprint density at radius 1 is 0.526 bits per heavy atom. The fourth-order valence-electron chi connectivity index (χ4n) is 7.32. The van der Waals surface area contributed by atoms with Gasteiger partial charge in [-0.15, -0.1) is 0 Å². The van der Waals surface area contributed by atoms with Crippen molar-refractivity contribution < 1.29 is 24.5 Å². The summed E-state index contributed by atoms with van der Waals surface area (Å²) in [4.78, 5) is 26.0. The number of rotatable bonds is 43. The third-order valence-corrected chi connectivity index (χ3v) is 11.0. The summed E-state index contributed by atoms with van der Waals surface area (Å²) in [6.45, 7) is 6.33. The number of unbranched alkanes of at least 4 members (excludes halogenated alkanes) is 26. The summed E-state index contributed by atoms with van der Waals surface area (Å²) in [7, 11) is 0. The van der Waals surface area contributed by atoms with Gasteiger partial charge in [0.25, 0.3) is 0 Å². The number of hydrogen-bond donors (Lipinski definition) is 3. The Kier molecular flexibility index (Phi) is 43.2. The Balaban J connectivity index is 4.64. The number of carbonyl (C=O) groups is 2. The van der Waals surface area contributed by atoms with E-state index in [0.717, 1.165) is 64.2 Å². The van der Waals surface area contributed by atoms with Crippen molar-refractivity contribution in [3.05, 3.63) is 48.6 Å². The standard InChI is InChI=1S/C51H93NO5/c1-4-7-10-13-16-19-22-24-26-28-30-33-36-39-42-47(57-51(56)44-41-38-35-32-29-25-23-20-17-14-11-8-5-2)45-50(55)52-48(46-53)49(54)43-40-37-34-31-27-21-18-15-12-9-6-3/h8,11,14,17,20,23,25,29,47-49,53-54H,4-7,9-10,12-13,15-16,18-19,21-22,24,26-28,30-46H2,1-3H3,(H,52,55)/b11-8+,17-14+,23-20-,29-25-. The van der Waals surface area contributed by atoms with Crippen LogP contribution in [0.1, 0.15) is 239 Å². The van der Waals surface area contributed by atoms with E-state index >= 15 is 0 Å². The number of carbonyl (C=O) groups excluding carboxylic acids is 2. The molecule has 6 heteroatoms. The molecule has 0 radical (unpaired) electrons. The number of hydrogen-bond acceptors (Lipinski definition) is 5. The highest BCUT2D eigenvalue weighted by molar-refractivity contribution is 5.77. The van der Waals surface area contributed by atoms with E-state index in [0.29, 0.717) is 19.3 Å². The van der Waals surface area contributed by atoms with Gasteiger partial charge >= 0.3 is 5.97 Å². The van der Waals surface area contributed by atoms with Crippen LogP contribution >= 0.6 is 0 Å². The Labute approximate surface area is 353 Å². The highest BCUT2D eigenvalue weighted by Crippen LogP contribution is 2.18. The molecular formula is C51H93NO5. The monoisotopic (exact) mass is 800 g/mol. The first-order chi connectivity index (χ1) is 28.0. The van der Waals surface area contributed by atoms with E-state index in [9.17, 15) is 19.8 Å². The molecule has 3 unspecified atom stereocenters. The molecule has 3 N–H and O–H groups in total. The van der Waals surface area contributed by atoms with Gasteiger partial charge in [-0.1, -0.05) is 230 Å². The first-order valence-electron chi connectivity index (χ1n) is 24.4. The van der Waals surface area contributed by atoms with Crippen LogP contribution in [-0.4, -0.2) is 46.9 Å². The molecule has 0 aliphatic carbocycles. The third kappa shape index (κ3) is 40.4. The number of amides is 1. The maximum absolute atomic E-state index is 13.2. The van der Waals surface area contributed by atoms with Gasteiger partial charge < -0.3 is 20.3 Å². The molecule has 1 amide bonds. The zero-order valence-corrected chi connectivity index (χ0v) is 37.7. The van der Waals surface area contributed by atoms with E-state index in [1.807, 2.05) is 24.3 Å². The van der Waals surface area contributed by atoms with Crippen LogP contribution in [0.5, 0.6) is 0 Å². The van der Waals surface area contributed by atoms with Crippen molar-refractivity contribution in [1.29, 1.82) is 0 Å². The first-order valence-corrected chi connectivity index (χ1v) is 24.4. The fourth-order valence-corrected chi connectivity index (χ4v) is 7.32. The minimum absolute atomic E-state index is 0.0637. The van der Waals surface area contributed by atoms with E-state index in [-0.39, 0.29) is 24.9 Å². The summed E-state index contributed by atoms with van der Waals surface area (Å²) in [5, 5.41) is 23.7. The minimum Gasteiger partial charge on any atom is -0.462 e. The number of ether oxygens (including phenoxy) is 1. The van der Waals surface area contributed by atoms with Crippen LogP contribution in [0.25, 0.3) is 0 Å². The van der Waals surface area contributed by atoms with Gasteiger partial charge in [0.1, 0.15) is 6.10 Å². The van der Waals surface area contributed by atoms with E-state index in [4.69, 9.17) is 4.74 Å². The van der Waals surface area contributed by atoms with Crippen LogP contribution in [0.4, 0.5) is 0 Å². The molecule has 57 heavy (non-hydrogen) atoms. The third-order valence-electron chi connectivity index (χ3n) is 11.0. The summed E-state index contributed by atoms with van der Waals surface area (Å²) < 4.78 is 5.90. The molecule has 0 aliphatic rings. The molecule has 0 fully saturated rings. The number of allylic oxidation sites excluding steroid dienone is 8. The molecule has 0 spiro atoms. The summed E-state index contributed by atoms with van der Waals surface area (Å²) in [5.41, 5.74) is 0. The lowest BCUT2D eigenvalue weighted by molar-refractivity contribution is -0.151. The minimum atomic E-state index is -0.792. The highest BCUT2D eigenvalue weighted by Gasteiger charge is 2.24. The summed E-state index contributed by atoms with van der Waals surface area (Å²) in [6.07, 6.45) is 53.1. The van der Waals surface area contributed by atoms with Crippen molar-refractivity contribution in [2.24, 2.45) is 0 Å². The second kappa shape index (κ2) is 44.9. The molecule has 3 atom stereocenters. The van der Waals surface area contributed by atoms with Gasteiger partial charge in [-0.3, -0.25) is 9.59 Å². The Bertz CT molecular complexity index is 988. The lowest BCUT2D eigenvalue weighted by Crippen LogP contribution is -2.46. The van der Waals surface area contributed by atoms with E-state index in [2.05, 4.69) is 50.4 Å². The Morgan fingerprint density at radius 3 is 1.42 bits per heavy atom. The van der Waals surface area contributed by atoms with E-state index < -0.39 is 18.2 Å². The zero-order chi connectivity index (χ0) is 41.7. The second-order valence-electron chi connectivity index (χ2n) is 16.6. The van der Waals surface area contributed by atoms with Gasteiger partial charge in [0.15, 0.2) is 0 Å². The average Bonchev–Trinajstić information content (AvgIpc) is 3.20. The van der Waals surface area contributed by atoms with Gasteiger partial charge in [-0.2, -0.15) is 0 Å². The van der Waals surface area contributed by atoms with Crippen LogP contribution in [0.15, 0.2) is 48.6 Å². The van der Waals surface area contributed by atoms with Gasteiger partial charge in [0, 0.05) is 6.42 Å². The normalized spacial score (nSPS) is 13.7. The number of aliphatic hydroxyl groups is 2. The molecule has 0 heterocycles. The number of nitrogens with one attached hydrogen (secondary N) is 1. The van der Waals surface area contributed by atoms with Crippen molar-refractivity contribution >= 4 is 11.9 Å². The molecule has 0 aliphatic heterocycles. The van der Waals surface area contributed by atoms with Gasteiger partial charge in [-0.05, 0) is 44.9 Å². The molecule has 6 nitrogen and oxygen atoms in total. The van der Waals surface area contributed by atoms with Gasteiger partial charge in [-0.25, -0.2) is 0 Å². The maximum atomic E-state index is 13.2. The van der Waals surface area contributed by atoms with Crippen molar-refractivity contribution in [3.8, 4) is 0 Å². The van der Waals surface area contributed by atoms with E-state index in [1.54, 1.807) is 0 Å². The smallest absolute Gasteiger partial charge is 0.306 e. The molecular weight excluding hydrogens is 707 g/mol. The molecule has 0 saturated carbocycles. The lowest BCUT2D eigenvalue weighted by Gasteiger charge is -2.24. The van der Waals surface area contributed by atoms with Crippen molar-refractivity contribution in [2.75, 3.05) is 6.61 Å². The summed E-state index contributed by atoms with van der Waals surface area (Å²) >= 11 is 0.